The first-order valence-electron chi connectivity index (χ1n) is 9.85. The van der Waals surface area contributed by atoms with Crippen LogP contribution in [0.2, 0.25) is 0 Å². The fourth-order valence-electron chi connectivity index (χ4n) is 3.60. The summed E-state index contributed by atoms with van der Waals surface area (Å²) in [5.41, 5.74) is 1.41. The molecule has 1 fully saturated rings. The smallest absolute Gasteiger partial charge is 0.265 e. The van der Waals surface area contributed by atoms with E-state index >= 15 is 0 Å². The van der Waals surface area contributed by atoms with Gasteiger partial charge in [0.25, 0.3) is 11.8 Å². The molecule has 30 heavy (non-hydrogen) atoms. The minimum Gasteiger partial charge on any atom is -0.497 e. The molecule has 0 unspecified atom stereocenters. The Morgan fingerprint density at radius 1 is 1.10 bits per heavy atom. The number of carbonyl (C=O) groups is 3. The molecule has 0 radical (unpaired) electrons. The molecule has 2 aliphatic heterocycles. The van der Waals surface area contributed by atoms with Crippen molar-refractivity contribution in [1.82, 2.24) is 4.90 Å². The van der Waals surface area contributed by atoms with Crippen LogP contribution >= 0.6 is 0 Å². The van der Waals surface area contributed by atoms with Gasteiger partial charge in [0.2, 0.25) is 5.91 Å². The van der Waals surface area contributed by atoms with Crippen molar-refractivity contribution in [2.75, 3.05) is 43.6 Å². The summed E-state index contributed by atoms with van der Waals surface area (Å²) in [6, 6.07) is 11.8. The van der Waals surface area contributed by atoms with Crippen LogP contribution in [0.3, 0.4) is 0 Å². The molecular formula is C22H23N3O5. The monoisotopic (exact) mass is 409 g/mol. The van der Waals surface area contributed by atoms with E-state index < -0.39 is 0 Å². The number of ether oxygens (including phenoxy) is 2. The molecule has 0 atom stereocenters. The maximum absolute atomic E-state index is 12.7. The molecule has 3 amide bonds. The molecule has 8 nitrogen and oxygen atoms in total. The van der Waals surface area contributed by atoms with Crippen LogP contribution in [0, 0.1) is 0 Å². The molecule has 1 saturated heterocycles. The number of hydrogen-bond acceptors (Lipinski definition) is 5. The lowest BCUT2D eigenvalue weighted by molar-refractivity contribution is -0.131. The zero-order valence-corrected chi connectivity index (χ0v) is 16.7. The summed E-state index contributed by atoms with van der Waals surface area (Å²) >= 11 is 0. The van der Waals surface area contributed by atoms with Gasteiger partial charge in [-0.15, -0.1) is 0 Å². The van der Waals surface area contributed by atoms with Gasteiger partial charge >= 0.3 is 0 Å². The summed E-state index contributed by atoms with van der Waals surface area (Å²) in [6.45, 7) is 1.25. The highest BCUT2D eigenvalue weighted by molar-refractivity contribution is 6.07. The van der Waals surface area contributed by atoms with Gasteiger partial charge in [-0.25, -0.2) is 0 Å². The van der Waals surface area contributed by atoms with Crippen LogP contribution in [0.4, 0.5) is 11.4 Å². The molecule has 0 aliphatic carbocycles. The number of amides is 3. The first kappa shape index (κ1) is 19.8. The van der Waals surface area contributed by atoms with Gasteiger partial charge in [0, 0.05) is 24.3 Å². The topological polar surface area (TPSA) is 88.2 Å². The van der Waals surface area contributed by atoms with E-state index in [1.54, 1.807) is 54.5 Å². The van der Waals surface area contributed by atoms with Crippen molar-refractivity contribution < 1.29 is 23.9 Å². The Balaban J connectivity index is 1.53. The Bertz CT molecular complexity index is 967. The number of methoxy groups -OCH3 is 1. The van der Waals surface area contributed by atoms with Crippen LogP contribution in [-0.2, 0) is 9.59 Å². The minimum absolute atomic E-state index is 0.0568. The van der Waals surface area contributed by atoms with Crippen molar-refractivity contribution in [3.8, 4) is 11.5 Å². The number of rotatable bonds is 5. The Hall–Kier alpha value is -3.55. The normalized spacial score (nSPS) is 15.4. The van der Waals surface area contributed by atoms with E-state index in [2.05, 4.69) is 5.32 Å². The van der Waals surface area contributed by atoms with Gasteiger partial charge in [0.05, 0.1) is 12.8 Å². The lowest BCUT2D eigenvalue weighted by atomic mass is 10.1. The van der Waals surface area contributed by atoms with Crippen LogP contribution in [0.25, 0.3) is 0 Å². The molecular weight excluding hydrogens is 386 g/mol. The average molecular weight is 409 g/mol. The van der Waals surface area contributed by atoms with E-state index in [0.29, 0.717) is 41.5 Å². The van der Waals surface area contributed by atoms with Gasteiger partial charge in [0.1, 0.15) is 18.0 Å². The number of fused-ring (bicyclic) bond motifs is 1. The summed E-state index contributed by atoms with van der Waals surface area (Å²) < 4.78 is 10.6. The largest absolute Gasteiger partial charge is 0.497 e. The van der Waals surface area contributed by atoms with Crippen LogP contribution < -0.4 is 19.7 Å². The van der Waals surface area contributed by atoms with E-state index in [4.69, 9.17) is 9.47 Å². The van der Waals surface area contributed by atoms with Crippen molar-refractivity contribution in [3.63, 3.8) is 0 Å². The quantitative estimate of drug-likeness (QED) is 0.819. The van der Waals surface area contributed by atoms with Crippen molar-refractivity contribution in [3.05, 3.63) is 48.0 Å². The maximum Gasteiger partial charge on any atom is 0.265 e. The highest BCUT2D eigenvalue weighted by atomic mass is 16.5. The summed E-state index contributed by atoms with van der Waals surface area (Å²) in [5.74, 6) is 0.442. The van der Waals surface area contributed by atoms with Crippen molar-refractivity contribution in [1.29, 1.82) is 0 Å². The van der Waals surface area contributed by atoms with Crippen LogP contribution in [-0.4, -0.2) is 56.0 Å². The second-order valence-electron chi connectivity index (χ2n) is 7.22. The molecule has 2 heterocycles. The third-order valence-corrected chi connectivity index (χ3v) is 5.26. The van der Waals surface area contributed by atoms with Gasteiger partial charge in [-0.2, -0.15) is 0 Å². The van der Waals surface area contributed by atoms with Gasteiger partial charge in [0.15, 0.2) is 6.61 Å². The zero-order chi connectivity index (χ0) is 21.1. The molecule has 1 N–H and O–H groups in total. The van der Waals surface area contributed by atoms with E-state index in [0.717, 1.165) is 12.8 Å². The third-order valence-electron chi connectivity index (χ3n) is 5.26. The molecule has 0 aromatic heterocycles. The first-order valence-corrected chi connectivity index (χ1v) is 9.85. The first-order chi connectivity index (χ1) is 14.5. The molecule has 2 aromatic carbocycles. The third kappa shape index (κ3) is 4.07. The summed E-state index contributed by atoms with van der Waals surface area (Å²) in [7, 11) is 1.57. The van der Waals surface area contributed by atoms with Crippen molar-refractivity contribution >= 4 is 29.1 Å². The van der Waals surface area contributed by atoms with Crippen molar-refractivity contribution in [2.24, 2.45) is 0 Å². The number of likely N-dealkylation sites (tertiary alicyclic amines) is 1. The predicted octanol–water partition coefficient (Wildman–Crippen LogP) is 2.30. The summed E-state index contributed by atoms with van der Waals surface area (Å²) in [6.07, 6.45) is 1.96. The van der Waals surface area contributed by atoms with E-state index in [9.17, 15) is 14.4 Å². The second kappa shape index (κ2) is 8.44. The summed E-state index contributed by atoms with van der Waals surface area (Å²) in [5, 5.41) is 2.81. The van der Waals surface area contributed by atoms with Gasteiger partial charge < -0.3 is 19.7 Å². The Morgan fingerprint density at radius 3 is 2.53 bits per heavy atom. The minimum atomic E-state index is -0.327. The average Bonchev–Trinajstić information content (AvgIpc) is 3.31. The Morgan fingerprint density at radius 2 is 1.83 bits per heavy atom. The van der Waals surface area contributed by atoms with Gasteiger partial charge in [-0.1, -0.05) is 0 Å². The maximum atomic E-state index is 12.7. The van der Waals surface area contributed by atoms with Crippen LogP contribution in [0.5, 0.6) is 11.5 Å². The lowest BCUT2D eigenvalue weighted by Gasteiger charge is -2.30. The molecule has 156 valence electrons. The number of nitrogens with zero attached hydrogens (tertiary/aromatic N) is 2. The Labute approximate surface area is 174 Å². The van der Waals surface area contributed by atoms with E-state index in [1.807, 2.05) is 0 Å². The number of benzene rings is 2. The number of anilines is 2. The van der Waals surface area contributed by atoms with Gasteiger partial charge in [-0.3, -0.25) is 19.3 Å². The lowest BCUT2D eigenvalue weighted by Crippen LogP contribution is -2.46. The van der Waals surface area contributed by atoms with Crippen LogP contribution in [0.1, 0.15) is 23.2 Å². The molecule has 0 bridgehead atoms. The standard InChI is InChI=1S/C22H23N3O5/c1-29-17-7-5-16(6-8-17)23-22(28)15-4-9-19-18(12-15)25(21(27)14-30-19)13-20(26)24-10-2-3-11-24/h4-9,12H,2-3,10-11,13-14H2,1H3,(H,23,28). The van der Waals surface area contributed by atoms with E-state index in [1.165, 1.54) is 4.90 Å². The number of nitrogens with one attached hydrogen (secondary N) is 1. The molecule has 2 aliphatic rings. The SMILES string of the molecule is COc1ccc(NC(=O)c2ccc3c(c2)N(CC(=O)N2CCCC2)C(=O)CO3)cc1. The fraction of sp³-hybridized carbons (Fsp3) is 0.318. The zero-order valence-electron chi connectivity index (χ0n) is 16.7. The predicted molar refractivity (Wildman–Crippen MR) is 111 cm³/mol. The molecule has 0 spiro atoms. The second-order valence-corrected chi connectivity index (χ2v) is 7.22. The fourth-order valence-corrected chi connectivity index (χ4v) is 3.60. The molecule has 2 aromatic rings. The van der Waals surface area contributed by atoms with Gasteiger partial charge in [-0.05, 0) is 55.3 Å². The summed E-state index contributed by atoms with van der Waals surface area (Å²) in [4.78, 5) is 40.9. The number of hydrogen-bond donors (Lipinski definition) is 1. The van der Waals surface area contributed by atoms with E-state index in [-0.39, 0.29) is 30.9 Å². The highest BCUT2D eigenvalue weighted by Crippen LogP contribution is 2.33. The van der Waals surface area contributed by atoms with Crippen LogP contribution in [0.15, 0.2) is 42.5 Å². The Kier molecular flexibility index (Phi) is 5.56. The number of carbonyl (C=O) groups excluding carboxylic acids is 3. The molecule has 4 rings (SSSR count). The highest BCUT2D eigenvalue weighted by Gasteiger charge is 2.30. The molecule has 0 saturated carbocycles. The molecule has 8 heteroatoms. The van der Waals surface area contributed by atoms with Crippen molar-refractivity contribution in [2.45, 2.75) is 12.8 Å².